The van der Waals surface area contributed by atoms with Gasteiger partial charge in [-0.25, -0.2) is 14.4 Å². The largest absolute Gasteiger partial charge is 0.327 e. The maximum atomic E-state index is 13.7. The summed E-state index contributed by atoms with van der Waals surface area (Å²) in [6.45, 7) is 0.692. The summed E-state index contributed by atoms with van der Waals surface area (Å²) >= 11 is 13.3. The summed E-state index contributed by atoms with van der Waals surface area (Å²) < 4.78 is 15.7. The first-order valence-electron chi connectivity index (χ1n) is 6.47. The highest BCUT2D eigenvalue weighted by molar-refractivity contribution is 7.09. The van der Waals surface area contributed by atoms with Crippen molar-refractivity contribution < 1.29 is 4.39 Å². The molecule has 2 aromatic heterocycles. The summed E-state index contributed by atoms with van der Waals surface area (Å²) in [4.78, 5) is 8.78. The first-order valence-corrected chi connectivity index (χ1v) is 8.26. The van der Waals surface area contributed by atoms with Gasteiger partial charge in [0, 0.05) is 42.9 Å². The number of halogens is 3. The highest BCUT2D eigenvalue weighted by Gasteiger charge is 2.13. The fourth-order valence-electron chi connectivity index (χ4n) is 2.28. The second-order valence-corrected chi connectivity index (χ2v) is 6.31. The summed E-state index contributed by atoms with van der Waals surface area (Å²) in [6.07, 6.45) is 3.20. The molecule has 0 aliphatic heterocycles. The standard InChI is InChI=1S/C14H12Cl2FN3S/c15-3-1-13-19-11-7-9(16)10(17)8-12(11)20(13)5-2-14-18-4-6-21-14/h4,6-8H,1-3,5H2. The van der Waals surface area contributed by atoms with Crippen LogP contribution in [-0.4, -0.2) is 20.4 Å². The molecule has 0 aliphatic rings. The van der Waals surface area contributed by atoms with Crippen LogP contribution >= 0.6 is 34.5 Å². The van der Waals surface area contributed by atoms with E-state index in [1.54, 1.807) is 23.6 Å². The van der Waals surface area contributed by atoms with Gasteiger partial charge in [-0.05, 0) is 6.07 Å². The van der Waals surface area contributed by atoms with Crippen molar-refractivity contribution in [2.45, 2.75) is 19.4 Å². The van der Waals surface area contributed by atoms with Gasteiger partial charge in [0.1, 0.15) is 11.6 Å². The molecule has 0 aliphatic carbocycles. The average molecular weight is 344 g/mol. The third-order valence-electron chi connectivity index (χ3n) is 3.22. The van der Waals surface area contributed by atoms with Gasteiger partial charge in [-0.3, -0.25) is 0 Å². The highest BCUT2D eigenvalue weighted by atomic mass is 35.5. The molecule has 0 amide bonds. The Bertz CT molecular complexity index is 755. The van der Waals surface area contributed by atoms with Gasteiger partial charge in [-0.15, -0.1) is 22.9 Å². The van der Waals surface area contributed by atoms with Gasteiger partial charge in [-0.2, -0.15) is 0 Å². The van der Waals surface area contributed by atoms with Crippen molar-refractivity contribution in [3.8, 4) is 0 Å². The van der Waals surface area contributed by atoms with Crippen molar-refractivity contribution in [2.75, 3.05) is 5.88 Å². The predicted molar refractivity (Wildman–Crippen MR) is 84.9 cm³/mol. The Balaban J connectivity index is 2.00. The molecule has 0 bridgehead atoms. The third kappa shape index (κ3) is 3.05. The van der Waals surface area contributed by atoms with E-state index in [9.17, 15) is 4.39 Å². The van der Waals surface area contributed by atoms with Gasteiger partial charge >= 0.3 is 0 Å². The smallest absolute Gasteiger partial charge is 0.144 e. The fraction of sp³-hybridized carbons (Fsp3) is 0.286. The molecular weight excluding hydrogens is 332 g/mol. The molecule has 3 nitrogen and oxygen atoms in total. The van der Waals surface area contributed by atoms with Crippen LogP contribution in [0.1, 0.15) is 10.8 Å². The van der Waals surface area contributed by atoms with E-state index in [0.717, 1.165) is 22.8 Å². The Kier molecular flexibility index (Phi) is 4.42. The number of hydrogen-bond donors (Lipinski definition) is 0. The SMILES string of the molecule is Fc1cc2c(cc1Cl)nc(CCCl)n2CCc1nccs1. The summed E-state index contributed by atoms with van der Waals surface area (Å²) in [7, 11) is 0. The normalized spacial score (nSPS) is 11.4. The molecule has 3 rings (SSSR count). The lowest BCUT2D eigenvalue weighted by molar-refractivity contribution is 0.626. The monoisotopic (exact) mass is 343 g/mol. The molecule has 0 N–H and O–H groups in total. The summed E-state index contributed by atoms with van der Waals surface area (Å²) in [5, 5.41) is 3.08. The number of aryl methyl sites for hydroxylation is 3. The molecule has 0 fully saturated rings. The molecule has 0 atom stereocenters. The Morgan fingerprint density at radius 2 is 2.14 bits per heavy atom. The van der Waals surface area contributed by atoms with Gasteiger partial charge in [-0.1, -0.05) is 11.6 Å². The number of nitrogens with zero attached hydrogens (tertiary/aromatic N) is 3. The zero-order valence-corrected chi connectivity index (χ0v) is 13.3. The van der Waals surface area contributed by atoms with Crippen LogP contribution < -0.4 is 0 Å². The van der Waals surface area contributed by atoms with Crippen LogP contribution in [0, 0.1) is 5.82 Å². The lowest BCUT2D eigenvalue weighted by Crippen LogP contribution is -2.07. The maximum Gasteiger partial charge on any atom is 0.144 e. The van der Waals surface area contributed by atoms with Crippen molar-refractivity contribution in [1.29, 1.82) is 0 Å². The van der Waals surface area contributed by atoms with E-state index in [0.29, 0.717) is 24.4 Å². The lowest BCUT2D eigenvalue weighted by atomic mass is 10.3. The van der Waals surface area contributed by atoms with Crippen molar-refractivity contribution in [2.24, 2.45) is 0 Å². The first-order chi connectivity index (χ1) is 10.2. The number of thiazole rings is 1. The van der Waals surface area contributed by atoms with E-state index in [1.807, 2.05) is 9.95 Å². The second kappa shape index (κ2) is 6.30. The van der Waals surface area contributed by atoms with E-state index < -0.39 is 5.82 Å². The fourth-order valence-corrected chi connectivity index (χ4v) is 3.22. The van der Waals surface area contributed by atoms with Crippen molar-refractivity contribution in [3.63, 3.8) is 0 Å². The molecule has 0 spiro atoms. The van der Waals surface area contributed by atoms with Gasteiger partial charge in [0.05, 0.1) is 21.1 Å². The number of fused-ring (bicyclic) bond motifs is 1. The molecule has 7 heteroatoms. The van der Waals surface area contributed by atoms with Gasteiger partial charge < -0.3 is 4.57 Å². The first kappa shape index (κ1) is 14.8. The van der Waals surface area contributed by atoms with E-state index in [2.05, 4.69) is 9.97 Å². The summed E-state index contributed by atoms with van der Waals surface area (Å²) in [5.41, 5.74) is 1.44. The minimum atomic E-state index is -0.433. The van der Waals surface area contributed by atoms with E-state index in [4.69, 9.17) is 23.2 Å². The molecule has 0 saturated carbocycles. The number of alkyl halides is 1. The number of rotatable bonds is 5. The van der Waals surface area contributed by atoms with Gasteiger partial charge in [0.15, 0.2) is 0 Å². The topological polar surface area (TPSA) is 30.7 Å². The molecule has 1 aromatic carbocycles. The Hall–Kier alpha value is -1.17. The molecule has 3 aromatic rings. The third-order valence-corrected chi connectivity index (χ3v) is 4.54. The summed E-state index contributed by atoms with van der Waals surface area (Å²) in [5.74, 6) is 0.881. The lowest BCUT2D eigenvalue weighted by Gasteiger charge is -2.07. The van der Waals surface area contributed by atoms with Gasteiger partial charge in [0.25, 0.3) is 0 Å². The van der Waals surface area contributed by atoms with Crippen LogP contribution in [0.3, 0.4) is 0 Å². The van der Waals surface area contributed by atoms with E-state index in [1.165, 1.54) is 6.07 Å². The van der Waals surface area contributed by atoms with Crippen LogP contribution in [0.15, 0.2) is 23.7 Å². The summed E-state index contributed by atoms with van der Waals surface area (Å²) in [6, 6.07) is 2.99. The molecular formula is C14H12Cl2FN3S. The van der Waals surface area contributed by atoms with Crippen molar-refractivity contribution >= 4 is 45.6 Å². The zero-order valence-electron chi connectivity index (χ0n) is 11.0. The quantitative estimate of drug-likeness (QED) is 0.646. The minimum Gasteiger partial charge on any atom is -0.327 e. The Morgan fingerprint density at radius 3 is 2.86 bits per heavy atom. The van der Waals surface area contributed by atoms with Gasteiger partial charge in [0.2, 0.25) is 0 Å². The zero-order chi connectivity index (χ0) is 14.8. The number of benzene rings is 1. The average Bonchev–Trinajstić information content (AvgIpc) is 3.06. The van der Waals surface area contributed by atoms with Crippen LogP contribution in [0.2, 0.25) is 5.02 Å². The predicted octanol–water partition coefficient (Wildman–Crippen LogP) is 4.31. The molecule has 21 heavy (non-hydrogen) atoms. The molecule has 0 saturated heterocycles. The molecule has 2 heterocycles. The van der Waals surface area contributed by atoms with E-state index in [-0.39, 0.29) is 5.02 Å². The molecule has 0 unspecified atom stereocenters. The minimum absolute atomic E-state index is 0.0875. The van der Waals surface area contributed by atoms with Crippen molar-refractivity contribution in [3.05, 3.63) is 45.4 Å². The van der Waals surface area contributed by atoms with Crippen LogP contribution in [0.4, 0.5) is 4.39 Å². The number of imidazole rings is 1. The highest BCUT2D eigenvalue weighted by Crippen LogP contribution is 2.24. The second-order valence-electron chi connectivity index (χ2n) is 4.55. The van der Waals surface area contributed by atoms with Crippen molar-refractivity contribution in [1.82, 2.24) is 14.5 Å². The number of hydrogen-bond acceptors (Lipinski definition) is 3. The maximum absolute atomic E-state index is 13.7. The number of aromatic nitrogens is 3. The van der Waals surface area contributed by atoms with Crippen LogP contribution in [0.25, 0.3) is 11.0 Å². The van der Waals surface area contributed by atoms with Crippen LogP contribution in [0.5, 0.6) is 0 Å². The van der Waals surface area contributed by atoms with Crippen LogP contribution in [-0.2, 0) is 19.4 Å². The Morgan fingerprint density at radius 1 is 1.29 bits per heavy atom. The Labute approximate surface area is 135 Å². The molecule has 110 valence electrons. The molecule has 0 radical (unpaired) electrons. The van der Waals surface area contributed by atoms with E-state index >= 15 is 0 Å².